The van der Waals surface area contributed by atoms with Crippen LogP contribution in [0.15, 0.2) is 83.9 Å². The minimum absolute atomic E-state index is 0.0644. The molecule has 0 spiro atoms. The first-order chi connectivity index (χ1) is 17.7. The Labute approximate surface area is 226 Å². The maximum Gasteiger partial charge on any atom is 0.243 e. The number of benzene rings is 3. The monoisotopic (exact) mass is 556 g/mol. The number of halogens is 2. The number of sulfonamides is 1. The zero-order valence-corrected chi connectivity index (χ0v) is 22.4. The van der Waals surface area contributed by atoms with Crippen molar-refractivity contribution in [3.63, 3.8) is 0 Å². The van der Waals surface area contributed by atoms with Gasteiger partial charge in [0, 0.05) is 46.9 Å². The second-order valence-corrected chi connectivity index (χ2v) is 11.3. The number of nitrogens with zero attached hydrogens (tertiary/aromatic N) is 2. The van der Waals surface area contributed by atoms with E-state index in [1.807, 2.05) is 43.3 Å². The van der Waals surface area contributed by atoms with Gasteiger partial charge in [-0.05, 0) is 66.6 Å². The standard InChI is InChI=1S/C27H26Cl2N4O3S/c1-19-4-2-3-5-20(19)17-33(37(35,36)23-9-6-21(28)7-10-23)18-27(34)32-15-14-31-25-12-13-30-26-16-22(29)8-11-24(25)26/h2-13,16H,14-15,17-18H2,1H3,(H,30,31)(H,32,34). The second kappa shape index (κ2) is 11.9. The quantitative estimate of drug-likeness (QED) is 0.259. The molecule has 0 aliphatic heterocycles. The molecule has 0 saturated heterocycles. The number of anilines is 1. The molecule has 37 heavy (non-hydrogen) atoms. The van der Waals surface area contributed by atoms with Gasteiger partial charge in [-0.25, -0.2) is 8.42 Å². The van der Waals surface area contributed by atoms with Crippen molar-refractivity contribution in [2.24, 2.45) is 0 Å². The number of hydrogen-bond acceptors (Lipinski definition) is 5. The summed E-state index contributed by atoms with van der Waals surface area (Å²) in [6, 6.07) is 20.7. The molecular formula is C27H26Cl2N4O3S. The molecule has 0 saturated carbocycles. The molecule has 0 bridgehead atoms. The highest BCUT2D eigenvalue weighted by atomic mass is 35.5. The lowest BCUT2D eigenvalue weighted by Crippen LogP contribution is -2.41. The molecule has 3 aromatic carbocycles. The summed E-state index contributed by atoms with van der Waals surface area (Å²) in [6.07, 6.45) is 1.69. The third kappa shape index (κ3) is 6.78. The number of aryl methyl sites for hydroxylation is 1. The van der Waals surface area contributed by atoms with Gasteiger partial charge in [-0.2, -0.15) is 4.31 Å². The van der Waals surface area contributed by atoms with Crippen LogP contribution in [0.1, 0.15) is 11.1 Å². The van der Waals surface area contributed by atoms with E-state index in [0.717, 1.165) is 27.7 Å². The van der Waals surface area contributed by atoms with Crippen LogP contribution in [-0.4, -0.2) is 43.2 Å². The normalized spacial score (nSPS) is 11.6. The van der Waals surface area contributed by atoms with Crippen molar-refractivity contribution < 1.29 is 13.2 Å². The molecule has 0 radical (unpaired) electrons. The predicted molar refractivity (Wildman–Crippen MR) is 148 cm³/mol. The molecule has 0 unspecified atom stereocenters. The minimum atomic E-state index is -3.95. The summed E-state index contributed by atoms with van der Waals surface area (Å²) in [5, 5.41) is 8.04. The fourth-order valence-electron chi connectivity index (χ4n) is 3.85. The molecule has 0 aliphatic rings. The highest BCUT2D eigenvalue weighted by Crippen LogP contribution is 2.24. The van der Waals surface area contributed by atoms with Crippen molar-refractivity contribution in [2.75, 3.05) is 25.0 Å². The van der Waals surface area contributed by atoms with Gasteiger partial charge in [0.15, 0.2) is 0 Å². The van der Waals surface area contributed by atoms with Gasteiger partial charge in [0.2, 0.25) is 15.9 Å². The van der Waals surface area contributed by atoms with Gasteiger partial charge < -0.3 is 10.6 Å². The van der Waals surface area contributed by atoms with E-state index < -0.39 is 15.9 Å². The molecule has 1 amide bonds. The van der Waals surface area contributed by atoms with Crippen LogP contribution in [0.4, 0.5) is 5.69 Å². The van der Waals surface area contributed by atoms with Gasteiger partial charge in [0.05, 0.1) is 17.0 Å². The topological polar surface area (TPSA) is 91.4 Å². The molecule has 2 N–H and O–H groups in total. The summed E-state index contributed by atoms with van der Waals surface area (Å²) in [4.78, 5) is 17.2. The summed E-state index contributed by atoms with van der Waals surface area (Å²) in [5.74, 6) is -0.403. The number of amides is 1. The number of carbonyl (C=O) groups excluding carboxylic acids is 1. The molecule has 7 nitrogen and oxygen atoms in total. The Balaban J connectivity index is 1.43. The molecule has 0 fully saturated rings. The van der Waals surface area contributed by atoms with Gasteiger partial charge in [-0.1, -0.05) is 47.5 Å². The summed E-state index contributed by atoms with van der Waals surface area (Å²) < 4.78 is 28.0. The van der Waals surface area contributed by atoms with Crippen molar-refractivity contribution in [3.8, 4) is 0 Å². The molecule has 0 aliphatic carbocycles. The van der Waals surface area contributed by atoms with Gasteiger partial charge in [-0.3, -0.25) is 9.78 Å². The minimum Gasteiger partial charge on any atom is -0.383 e. The molecule has 1 heterocycles. The highest BCUT2D eigenvalue weighted by Gasteiger charge is 2.27. The fourth-order valence-corrected chi connectivity index (χ4v) is 5.52. The highest BCUT2D eigenvalue weighted by molar-refractivity contribution is 7.89. The van der Waals surface area contributed by atoms with Gasteiger partial charge >= 0.3 is 0 Å². The van der Waals surface area contributed by atoms with Gasteiger partial charge in [0.1, 0.15) is 0 Å². The smallest absolute Gasteiger partial charge is 0.243 e. The first-order valence-electron chi connectivity index (χ1n) is 11.6. The third-order valence-electron chi connectivity index (χ3n) is 5.85. The molecule has 4 rings (SSSR count). The van der Waals surface area contributed by atoms with Crippen molar-refractivity contribution in [2.45, 2.75) is 18.4 Å². The fraction of sp³-hybridized carbons (Fsp3) is 0.185. The van der Waals surface area contributed by atoms with Crippen LogP contribution in [-0.2, 0) is 21.4 Å². The van der Waals surface area contributed by atoms with Crippen LogP contribution in [0.3, 0.4) is 0 Å². The molecule has 0 atom stereocenters. The second-order valence-electron chi connectivity index (χ2n) is 8.45. The summed E-state index contributed by atoms with van der Waals surface area (Å²) in [6.45, 7) is 2.39. The number of nitrogens with one attached hydrogen (secondary N) is 2. The van der Waals surface area contributed by atoms with E-state index in [1.165, 1.54) is 28.6 Å². The van der Waals surface area contributed by atoms with Gasteiger partial charge in [-0.15, -0.1) is 0 Å². The van der Waals surface area contributed by atoms with Crippen molar-refractivity contribution in [1.29, 1.82) is 0 Å². The van der Waals surface area contributed by atoms with Crippen LogP contribution in [0.5, 0.6) is 0 Å². The molecule has 192 valence electrons. The number of fused-ring (bicyclic) bond motifs is 1. The lowest BCUT2D eigenvalue weighted by molar-refractivity contribution is -0.121. The Bertz CT molecular complexity index is 1510. The number of carbonyl (C=O) groups is 1. The zero-order valence-electron chi connectivity index (χ0n) is 20.1. The maximum absolute atomic E-state index is 13.4. The molecule has 10 heteroatoms. The Morgan fingerprint density at radius 3 is 2.43 bits per heavy atom. The maximum atomic E-state index is 13.4. The van der Waals surface area contributed by atoms with E-state index in [-0.39, 0.29) is 18.0 Å². The van der Waals surface area contributed by atoms with E-state index in [4.69, 9.17) is 23.2 Å². The number of hydrogen-bond donors (Lipinski definition) is 2. The first-order valence-corrected chi connectivity index (χ1v) is 13.8. The Kier molecular flexibility index (Phi) is 8.66. The van der Waals surface area contributed by atoms with Crippen molar-refractivity contribution >= 4 is 55.7 Å². The lowest BCUT2D eigenvalue weighted by Gasteiger charge is -2.23. The van der Waals surface area contributed by atoms with Gasteiger partial charge in [0.25, 0.3) is 0 Å². The number of pyridine rings is 1. The summed E-state index contributed by atoms with van der Waals surface area (Å²) in [5.41, 5.74) is 3.39. The van der Waals surface area contributed by atoms with E-state index >= 15 is 0 Å². The van der Waals surface area contributed by atoms with E-state index in [9.17, 15) is 13.2 Å². The first kappa shape index (κ1) is 26.9. The number of rotatable bonds is 10. The predicted octanol–water partition coefficient (Wildman–Crippen LogP) is 5.27. The molecule has 4 aromatic rings. The Morgan fingerprint density at radius 2 is 1.68 bits per heavy atom. The summed E-state index contributed by atoms with van der Waals surface area (Å²) >= 11 is 12.0. The average Bonchev–Trinajstić information content (AvgIpc) is 2.87. The van der Waals surface area contributed by atoms with Crippen LogP contribution < -0.4 is 10.6 Å². The van der Waals surface area contributed by atoms with Crippen LogP contribution in [0.2, 0.25) is 10.0 Å². The SMILES string of the molecule is Cc1ccccc1CN(CC(=O)NCCNc1ccnc2cc(Cl)ccc12)S(=O)(=O)c1ccc(Cl)cc1. The average molecular weight is 558 g/mol. The number of aromatic nitrogens is 1. The van der Waals surface area contributed by atoms with E-state index in [2.05, 4.69) is 15.6 Å². The lowest BCUT2D eigenvalue weighted by atomic mass is 10.1. The van der Waals surface area contributed by atoms with Crippen LogP contribution in [0, 0.1) is 6.92 Å². The van der Waals surface area contributed by atoms with Crippen LogP contribution in [0.25, 0.3) is 10.9 Å². The van der Waals surface area contributed by atoms with E-state index in [1.54, 1.807) is 18.3 Å². The Hall–Kier alpha value is -3.17. The Morgan fingerprint density at radius 1 is 0.946 bits per heavy atom. The van der Waals surface area contributed by atoms with Crippen molar-refractivity contribution in [1.82, 2.24) is 14.6 Å². The molecular weight excluding hydrogens is 531 g/mol. The summed E-state index contributed by atoms with van der Waals surface area (Å²) in [7, 11) is -3.95. The van der Waals surface area contributed by atoms with Crippen molar-refractivity contribution in [3.05, 3.63) is 100 Å². The largest absolute Gasteiger partial charge is 0.383 e. The third-order valence-corrected chi connectivity index (χ3v) is 8.14. The molecule has 1 aromatic heterocycles. The van der Waals surface area contributed by atoms with Crippen LogP contribution >= 0.6 is 23.2 Å². The zero-order chi connectivity index (χ0) is 26.4. The van der Waals surface area contributed by atoms with E-state index in [0.29, 0.717) is 23.1 Å².